The average Bonchev–Trinajstić information content (AvgIpc) is 2.81. The number of likely N-dealkylation sites (N-methyl/N-ethyl adjacent to an activating group) is 2. The Labute approximate surface area is 215 Å². The van der Waals surface area contributed by atoms with E-state index < -0.39 is 11.0 Å². The lowest BCUT2D eigenvalue weighted by molar-refractivity contribution is -0.135. The fourth-order valence-corrected chi connectivity index (χ4v) is 5.72. The van der Waals surface area contributed by atoms with Crippen LogP contribution in [0.15, 0.2) is 17.0 Å². The zero-order valence-corrected chi connectivity index (χ0v) is 23.7. The highest BCUT2D eigenvalue weighted by Crippen LogP contribution is 2.25. The van der Waals surface area contributed by atoms with E-state index in [1.165, 1.54) is 6.42 Å². The molecule has 1 aromatic carbocycles. The SMILES string of the molecule is COc1cc(C)c(S(=O)N(C)CCOCC(=O)N(C)CC2CCN(CCCN(C)C)CC2)c(C)c1. The minimum Gasteiger partial charge on any atom is -0.497 e. The smallest absolute Gasteiger partial charge is 0.248 e. The fraction of sp³-hybridized carbons (Fsp3) is 0.731. The summed E-state index contributed by atoms with van der Waals surface area (Å²) in [5.74, 6) is 1.32. The van der Waals surface area contributed by atoms with Crippen molar-refractivity contribution in [1.82, 2.24) is 19.0 Å². The highest BCUT2D eigenvalue weighted by Gasteiger charge is 2.22. The number of methoxy groups -OCH3 is 1. The van der Waals surface area contributed by atoms with Gasteiger partial charge in [0.2, 0.25) is 5.91 Å². The van der Waals surface area contributed by atoms with Gasteiger partial charge in [0.05, 0.1) is 18.6 Å². The number of carbonyl (C=O) groups excluding carboxylic acids is 1. The highest BCUT2D eigenvalue weighted by molar-refractivity contribution is 7.82. The van der Waals surface area contributed by atoms with Crippen LogP contribution in [-0.2, 0) is 20.5 Å². The number of piperidine rings is 1. The van der Waals surface area contributed by atoms with Crippen molar-refractivity contribution in [3.63, 3.8) is 0 Å². The van der Waals surface area contributed by atoms with E-state index in [1.807, 2.05) is 40.1 Å². The molecule has 1 fully saturated rings. The summed E-state index contributed by atoms with van der Waals surface area (Å²) in [6.07, 6.45) is 3.48. The number of rotatable bonds is 14. The van der Waals surface area contributed by atoms with E-state index in [2.05, 4.69) is 23.9 Å². The monoisotopic (exact) mass is 510 g/mol. The largest absolute Gasteiger partial charge is 0.497 e. The number of carbonyl (C=O) groups is 1. The van der Waals surface area contributed by atoms with Gasteiger partial charge in [-0.1, -0.05) is 0 Å². The van der Waals surface area contributed by atoms with E-state index in [-0.39, 0.29) is 12.5 Å². The maximum Gasteiger partial charge on any atom is 0.248 e. The van der Waals surface area contributed by atoms with Crippen molar-refractivity contribution < 1.29 is 18.5 Å². The van der Waals surface area contributed by atoms with Crippen LogP contribution in [0.1, 0.15) is 30.4 Å². The summed E-state index contributed by atoms with van der Waals surface area (Å²) >= 11 is 0. The molecule has 0 N–H and O–H groups in total. The molecule has 0 aliphatic carbocycles. The number of nitrogens with zero attached hydrogens (tertiary/aromatic N) is 4. The molecule has 200 valence electrons. The summed E-state index contributed by atoms with van der Waals surface area (Å²) in [6.45, 7) is 10.1. The Kier molecular flexibility index (Phi) is 12.6. The van der Waals surface area contributed by atoms with Gasteiger partial charge in [0.1, 0.15) is 23.3 Å². The van der Waals surface area contributed by atoms with Crippen molar-refractivity contribution in [1.29, 1.82) is 0 Å². The molecule has 35 heavy (non-hydrogen) atoms. The van der Waals surface area contributed by atoms with E-state index in [4.69, 9.17) is 9.47 Å². The standard InChI is InChI=1S/C26H46N4O4S/c1-21-17-24(33-7)18-22(2)26(21)35(32)29(6)15-16-34-20-25(31)28(5)19-23-9-13-30(14-10-23)12-8-11-27(3)4/h17-18,23H,8-16,19-20H2,1-7H3. The molecule has 0 bridgehead atoms. The van der Waals surface area contributed by atoms with Crippen molar-refractivity contribution in [2.45, 2.75) is 38.0 Å². The van der Waals surface area contributed by atoms with Gasteiger partial charge >= 0.3 is 0 Å². The van der Waals surface area contributed by atoms with Gasteiger partial charge in [-0.05, 0) is 103 Å². The van der Waals surface area contributed by atoms with Crippen LogP contribution < -0.4 is 4.74 Å². The molecule has 0 spiro atoms. The van der Waals surface area contributed by atoms with E-state index >= 15 is 0 Å². The van der Waals surface area contributed by atoms with Gasteiger partial charge in [-0.15, -0.1) is 0 Å². The Morgan fingerprint density at radius 3 is 2.29 bits per heavy atom. The van der Waals surface area contributed by atoms with Gasteiger partial charge in [-0.2, -0.15) is 0 Å². The first kappa shape index (κ1) is 29.7. The molecule has 1 aliphatic heterocycles. The van der Waals surface area contributed by atoms with Gasteiger partial charge in [0.25, 0.3) is 0 Å². The predicted molar refractivity (Wildman–Crippen MR) is 142 cm³/mol. The van der Waals surface area contributed by atoms with Crippen molar-refractivity contribution in [2.75, 3.05) is 87.8 Å². The summed E-state index contributed by atoms with van der Waals surface area (Å²) in [5.41, 5.74) is 1.87. The summed E-state index contributed by atoms with van der Waals surface area (Å²) in [6, 6.07) is 3.79. The number of hydrogen-bond donors (Lipinski definition) is 0. The molecule has 8 nitrogen and oxygen atoms in total. The predicted octanol–water partition coefficient (Wildman–Crippen LogP) is 2.41. The Bertz CT molecular complexity index is 805. The molecule has 1 saturated heterocycles. The second-order valence-electron chi connectivity index (χ2n) is 9.96. The molecule has 1 amide bonds. The van der Waals surface area contributed by atoms with E-state index in [1.54, 1.807) is 16.3 Å². The van der Waals surface area contributed by atoms with Crippen molar-refractivity contribution in [2.24, 2.45) is 5.92 Å². The minimum absolute atomic E-state index is 0.00373. The lowest BCUT2D eigenvalue weighted by Crippen LogP contribution is -2.41. The van der Waals surface area contributed by atoms with Crippen LogP contribution in [0.25, 0.3) is 0 Å². The average molecular weight is 511 g/mol. The molecule has 0 aromatic heterocycles. The van der Waals surface area contributed by atoms with Gasteiger partial charge in [0, 0.05) is 27.2 Å². The minimum atomic E-state index is -1.30. The third-order valence-electron chi connectivity index (χ3n) is 6.65. The Balaban J connectivity index is 1.66. The van der Waals surface area contributed by atoms with Crippen molar-refractivity contribution in [3.8, 4) is 5.75 Å². The van der Waals surface area contributed by atoms with Crippen molar-refractivity contribution >= 4 is 16.9 Å². The van der Waals surface area contributed by atoms with Gasteiger partial charge in [-0.3, -0.25) is 4.79 Å². The van der Waals surface area contributed by atoms with Gasteiger partial charge < -0.3 is 24.2 Å². The molecule has 9 heteroatoms. The van der Waals surface area contributed by atoms with Crippen LogP contribution in [0.5, 0.6) is 5.75 Å². The van der Waals surface area contributed by atoms with Crippen LogP contribution in [0.3, 0.4) is 0 Å². The third kappa shape index (κ3) is 9.80. The van der Waals surface area contributed by atoms with Crippen LogP contribution in [0.4, 0.5) is 0 Å². The molecule has 0 radical (unpaired) electrons. The molecule has 0 saturated carbocycles. The molecule has 2 rings (SSSR count). The zero-order chi connectivity index (χ0) is 26.0. The lowest BCUT2D eigenvalue weighted by atomic mass is 9.96. The van der Waals surface area contributed by atoms with E-state index in [0.29, 0.717) is 19.1 Å². The number of benzene rings is 1. The maximum atomic E-state index is 13.0. The number of aryl methyl sites for hydroxylation is 2. The topological polar surface area (TPSA) is 65.6 Å². The molecule has 1 atom stereocenters. The molecule has 1 aromatic rings. The van der Waals surface area contributed by atoms with E-state index in [9.17, 15) is 9.00 Å². The molecular weight excluding hydrogens is 464 g/mol. The lowest BCUT2D eigenvalue weighted by Gasteiger charge is -2.34. The first-order valence-corrected chi connectivity index (χ1v) is 13.7. The van der Waals surface area contributed by atoms with Crippen LogP contribution in [-0.4, -0.2) is 117 Å². The van der Waals surface area contributed by atoms with Crippen LogP contribution in [0, 0.1) is 19.8 Å². The second-order valence-corrected chi connectivity index (χ2v) is 11.5. The first-order chi connectivity index (χ1) is 16.6. The fourth-order valence-electron chi connectivity index (χ4n) is 4.50. The quantitative estimate of drug-likeness (QED) is 0.358. The van der Waals surface area contributed by atoms with E-state index in [0.717, 1.165) is 67.3 Å². The van der Waals surface area contributed by atoms with Crippen molar-refractivity contribution in [3.05, 3.63) is 23.3 Å². The molecular formula is C26H46N4O4S. The highest BCUT2D eigenvalue weighted by atomic mass is 32.2. The second kappa shape index (κ2) is 14.9. The van der Waals surface area contributed by atoms with Gasteiger partial charge in [0.15, 0.2) is 0 Å². The Morgan fingerprint density at radius 1 is 1.09 bits per heavy atom. The summed E-state index contributed by atoms with van der Waals surface area (Å²) in [4.78, 5) is 19.9. The van der Waals surface area contributed by atoms with Gasteiger partial charge in [-0.25, -0.2) is 8.51 Å². The zero-order valence-electron chi connectivity index (χ0n) is 22.8. The third-order valence-corrected chi connectivity index (χ3v) is 8.39. The number of amides is 1. The van der Waals surface area contributed by atoms with Crippen LogP contribution >= 0.6 is 0 Å². The summed E-state index contributed by atoms with van der Waals surface area (Å²) in [7, 11) is 8.24. The summed E-state index contributed by atoms with van der Waals surface area (Å²) in [5, 5.41) is 0. The number of likely N-dealkylation sites (tertiary alicyclic amines) is 1. The Morgan fingerprint density at radius 2 is 1.71 bits per heavy atom. The first-order valence-electron chi connectivity index (χ1n) is 12.6. The maximum absolute atomic E-state index is 13.0. The number of hydrogen-bond acceptors (Lipinski definition) is 6. The molecule has 1 heterocycles. The number of ether oxygens (including phenoxy) is 2. The van der Waals surface area contributed by atoms with Crippen LogP contribution in [0.2, 0.25) is 0 Å². The Hall–Kier alpha value is -1.52. The normalized spacial score (nSPS) is 16.1. The molecule has 1 unspecified atom stereocenters. The molecule has 1 aliphatic rings. The summed E-state index contributed by atoms with van der Waals surface area (Å²) < 4.78 is 25.7.